The van der Waals surface area contributed by atoms with Crippen LogP contribution in [0.25, 0.3) is 0 Å². The van der Waals surface area contributed by atoms with Gasteiger partial charge in [0.15, 0.2) is 0 Å². The van der Waals surface area contributed by atoms with Crippen molar-refractivity contribution in [3.8, 4) is 0 Å². The van der Waals surface area contributed by atoms with Gasteiger partial charge in [0.05, 0.1) is 0 Å². The summed E-state index contributed by atoms with van der Waals surface area (Å²) in [5, 5.41) is 12.3. The van der Waals surface area contributed by atoms with Crippen molar-refractivity contribution in [3.63, 3.8) is 0 Å². The Morgan fingerprint density at radius 2 is 1.46 bits per heavy atom. The number of rotatable bonds is 5. The SMILES string of the molecule is CC(C)(C)[Si](O[C@H]1CCC[C@@H](CO)C1)(c1ccccc1)c1ccccc1. The maximum Gasteiger partial charge on any atom is 0.261 e. The van der Waals surface area contributed by atoms with Gasteiger partial charge in [-0.15, -0.1) is 0 Å². The molecule has 2 nitrogen and oxygen atoms in total. The summed E-state index contributed by atoms with van der Waals surface area (Å²) in [6, 6.07) is 21.7. The molecule has 0 unspecified atom stereocenters. The van der Waals surface area contributed by atoms with Gasteiger partial charge in [-0.25, -0.2) is 0 Å². The van der Waals surface area contributed by atoms with E-state index < -0.39 is 8.32 Å². The van der Waals surface area contributed by atoms with E-state index in [1.165, 1.54) is 10.4 Å². The van der Waals surface area contributed by atoms with Crippen molar-refractivity contribution < 1.29 is 9.53 Å². The zero-order chi connectivity index (χ0) is 18.6. The lowest BCUT2D eigenvalue weighted by Gasteiger charge is -2.46. The van der Waals surface area contributed by atoms with Gasteiger partial charge in [0.2, 0.25) is 0 Å². The van der Waals surface area contributed by atoms with Gasteiger partial charge in [-0.1, -0.05) is 87.9 Å². The van der Waals surface area contributed by atoms with E-state index in [1.807, 2.05) is 0 Å². The molecule has 3 rings (SSSR count). The normalized spacial score (nSPS) is 21.5. The van der Waals surface area contributed by atoms with Gasteiger partial charge >= 0.3 is 0 Å². The van der Waals surface area contributed by atoms with Crippen LogP contribution in [0.4, 0.5) is 0 Å². The Morgan fingerprint density at radius 1 is 0.923 bits per heavy atom. The lowest BCUT2D eigenvalue weighted by molar-refractivity contribution is 0.0857. The average molecular weight is 369 g/mol. The first-order valence-electron chi connectivity index (χ1n) is 9.87. The standard InChI is InChI=1S/C23H32O2Si/c1-23(2,3)26(21-13-6-4-7-14-21,22-15-8-5-9-16-22)25-20-12-10-11-19(17-20)18-24/h4-9,13-16,19-20,24H,10-12,17-18H2,1-3H3/t19-,20+/m1/s1. The molecule has 0 bridgehead atoms. The molecule has 1 N–H and O–H groups in total. The first kappa shape index (κ1) is 19.3. The third kappa shape index (κ3) is 3.80. The van der Waals surface area contributed by atoms with Crippen LogP contribution >= 0.6 is 0 Å². The molecule has 2 aromatic carbocycles. The van der Waals surface area contributed by atoms with Crippen LogP contribution < -0.4 is 10.4 Å². The second-order valence-electron chi connectivity index (χ2n) is 8.62. The molecule has 1 aliphatic rings. The summed E-state index contributed by atoms with van der Waals surface area (Å²) < 4.78 is 7.18. The van der Waals surface area contributed by atoms with Crippen molar-refractivity contribution in [2.24, 2.45) is 5.92 Å². The van der Waals surface area contributed by atoms with Crippen LogP contribution in [-0.2, 0) is 4.43 Å². The topological polar surface area (TPSA) is 29.5 Å². The van der Waals surface area contributed by atoms with Crippen LogP contribution in [0.1, 0.15) is 46.5 Å². The van der Waals surface area contributed by atoms with E-state index in [0.29, 0.717) is 5.92 Å². The van der Waals surface area contributed by atoms with Crippen molar-refractivity contribution in [1.82, 2.24) is 0 Å². The summed E-state index contributed by atoms with van der Waals surface area (Å²) in [4.78, 5) is 0. The molecular weight excluding hydrogens is 336 g/mol. The fraction of sp³-hybridized carbons (Fsp3) is 0.478. The van der Waals surface area contributed by atoms with E-state index in [4.69, 9.17) is 4.43 Å². The first-order chi connectivity index (χ1) is 12.5. The zero-order valence-electron chi connectivity index (χ0n) is 16.3. The second-order valence-corrected chi connectivity index (χ2v) is 12.9. The number of aliphatic hydroxyl groups is 1. The molecule has 0 aliphatic heterocycles. The van der Waals surface area contributed by atoms with E-state index in [-0.39, 0.29) is 17.7 Å². The van der Waals surface area contributed by atoms with E-state index in [2.05, 4.69) is 81.4 Å². The highest BCUT2D eigenvalue weighted by Gasteiger charge is 2.51. The Kier molecular flexibility index (Phi) is 6.01. The van der Waals surface area contributed by atoms with Crippen LogP contribution in [0.2, 0.25) is 5.04 Å². The van der Waals surface area contributed by atoms with Gasteiger partial charge in [0.25, 0.3) is 8.32 Å². The molecule has 1 aliphatic carbocycles. The molecule has 1 fully saturated rings. The lowest BCUT2D eigenvalue weighted by Crippen LogP contribution is -2.67. The predicted octanol–water partition coefficient (Wildman–Crippen LogP) is 4.11. The van der Waals surface area contributed by atoms with E-state index in [0.717, 1.165) is 25.7 Å². The van der Waals surface area contributed by atoms with Crippen molar-refractivity contribution >= 4 is 18.7 Å². The molecule has 0 aromatic heterocycles. The second kappa shape index (κ2) is 8.08. The summed E-state index contributed by atoms with van der Waals surface area (Å²) in [7, 11) is -2.46. The molecule has 3 heteroatoms. The van der Waals surface area contributed by atoms with Gasteiger partial charge in [0.1, 0.15) is 0 Å². The molecule has 0 heterocycles. The molecule has 2 aromatic rings. The summed E-state index contributed by atoms with van der Waals surface area (Å²) >= 11 is 0. The lowest BCUT2D eigenvalue weighted by atomic mass is 9.88. The minimum absolute atomic E-state index is 0.0157. The highest BCUT2D eigenvalue weighted by molar-refractivity contribution is 6.99. The number of hydrogen-bond acceptors (Lipinski definition) is 2. The molecule has 0 amide bonds. The van der Waals surface area contributed by atoms with Crippen LogP contribution in [0, 0.1) is 5.92 Å². The number of benzene rings is 2. The van der Waals surface area contributed by atoms with Crippen molar-refractivity contribution in [1.29, 1.82) is 0 Å². The Hall–Kier alpha value is -1.42. The largest absolute Gasteiger partial charge is 0.404 e. The fourth-order valence-corrected chi connectivity index (χ4v) is 9.18. The molecule has 0 radical (unpaired) electrons. The van der Waals surface area contributed by atoms with Crippen LogP contribution in [0.3, 0.4) is 0 Å². The van der Waals surface area contributed by atoms with Gasteiger partial charge in [-0.3, -0.25) is 0 Å². The highest BCUT2D eigenvalue weighted by Crippen LogP contribution is 2.39. The molecular formula is C23H32O2Si. The zero-order valence-corrected chi connectivity index (χ0v) is 17.3. The van der Waals surface area contributed by atoms with Crippen LogP contribution in [-0.4, -0.2) is 26.1 Å². The number of aliphatic hydroxyl groups excluding tert-OH is 1. The predicted molar refractivity (Wildman–Crippen MR) is 112 cm³/mol. The minimum atomic E-state index is -2.46. The summed E-state index contributed by atoms with van der Waals surface area (Å²) in [5.41, 5.74) is 0. The van der Waals surface area contributed by atoms with Gasteiger partial charge in [0, 0.05) is 12.7 Å². The Bertz CT molecular complexity index is 639. The fourth-order valence-electron chi connectivity index (χ4n) is 4.46. The Balaban J connectivity index is 2.08. The van der Waals surface area contributed by atoms with Crippen LogP contribution in [0.15, 0.2) is 60.7 Å². The molecule has 140 valence electrons. The van der Waals surface area contributed by atoms with Crippen molar-refractivity contribution in [3.05, 3.63) is 60.7 Å². The molecule has 2 atom stereocenters. The quantitative estimate of drug-likeness (QED) is 0.805. The maximum absolute atomic E-state index is 9.66. The van der Waals surface area contributed by atoms with E-state index >= 15 is 0 Å². The third-order valence-electron chi connectivity index (χ3n) is 5.75. The summed E-state index contributed by atoms with van der Waals surface area (Å²) in [5.74, 6) is 0.381. The van der Waals surface area contributed by atoms with E-state index in [9.17, 15) is 5.11 Å². The Morgan fingerprint density at radius 3 is 1.92 bits per heavy atom. The summed E-state index contributed by atoms with van der Waals surface area (Å²) in [6.07, 6.45) is 4.57. The van der Waals surface area contributed by atoms with Gasteiger partial charge in [-0.2, -0.15) is 0 Å². The van der Waals surface area contributed by atoms with Crippen molar-refractivity contribution in [2.45, 2.75) is 57.6 Å². The summed E-state index contributed by atoms with van der Waals surface area (Å²) in [6.45, 7) is 7.25. The first-order valence-corrected chi connectivity index (χ1v) is 11.8. The average Bonchev–Trinajstić information content (AvgIpc) is 2.66. The molecule has 0 spiro atoms. The monoisotopic (exact) mass is 368 g/mol. The maximum atomic E-state index is 9.66. The molecule has 0 saturated heterocycles. The smallest absolute Gasteiger partial charge is 0.261 e. The van der Waals surface area contributed by atoms with Crippen molar-refractivity contribution in [2.75, 3.05) is 6.61 Å². The highest BCUT2D eigenvalue weighted by atomic mass is 28.4. The van der Waals surface area contributed by atoms with Gasteiger partial charge < -0.3 is 9.53 Å². The van der Waals surface area contributed by atoms with Crippen LogP contribution in [0.5, 0.6) is 0 Å². The Labute approximate surface area is 159 Å². The third-order valence-corrected chi connectivity index (χ3v) is 10.8. The number of hydrogen-bond donors (Lipinski definition) is 1. The molecule has 26 heavy (non-hydrogen) atoms. The van der Waals surface area contributed by atoms with Gasteiger partial charge in [-0.05, 0) is 40.6 Å². The minimum Gasteiger partial charge on any atom is -0.404 e. The molecule has 1 saturated carbocycles. The van der Waals surface area contributed by atoms with E-state index in [1.54, 1.807) is 0 Å².